The van der Waals surface area contributed by atoms with Crippen molar-refractivity contribution in [3.05, 3.63) is 164 Å². The maximum absolute atomic E-state index is 6.46. The minimum atomic E-state index is 0.573. The van der Waals surface area contributed by atoms with Gasteiger partial charge in [-0.2, -0.15) is 0 Å². The number of fused-ring (bicyclic) bond motifs is 6. The smallest absolute Gasteiger partial charge is 0.166 e. The molecule has 10 aromatic rings. The molecule has 0 aliphatic carbocycles. The van der Waals surface area contributed by atoms with Crippen molar-refractivity contribution in [2.24, 2.45) is 0 Å². The monoisotopic (exact) mass is 641 g/mol. The summed E-state index contributed by atoms with van der Waals surface area (Å²) in [5.41, 5.74) is 9.55. The van der Waals surface area contributed by atoms with Gasteiger partial charge in [0.25, 0.3) is 0 Å². The molecule has 0 radical (unpaired) electrons. The Balaban J connectivity index is 1.22. The zero-order valence-corrected chi connectivity index (χ0v) is 26.7. The van der Waals surface area contributed by atoms with Gasteiger partial charge < -0.3 is 8.98 Å². The molecule has 10 rings (SSSR count). The first-order chi connectivity index (χ1) is 24.8. The van der Waals surface area contributed by atoms with Crippen molar-refractivity contribution >= 4 is 43.7 Å². The average Bonchev–Trinajstić information content (AvgIpc) is 3.74. The van der Waals surface area contributed by atoms with Crippen molar-refractivity contribution < 1.29 is 4.42 Å². The van der Waals surface area contributed by atoms with E-state index in [1.54, 1.807) is 6.20 Å². The van der Waals surface area contributed by atoms with E-state index in [-0.39, 0.29) is 0 Å². The van der Waals surface area contributed by atoms with Crippen molar-refractivity contribution in [2.75, 3.05) is 0 Å². The van der Waals surface area contributed by atoms with Crippen molar-refractivity contribution in [2.45, 2.75) is 0 Å². The largest absolute Gasteiger partial charge is 0.455 e. The first-order valence-electron chi connectivity index (χ1n) is 16.6. The van der Waals surface area contributed by atoms with Gasteiger partial charge in [0.05, 0.1) is 22.9 Å². The van der Waals surface area contributed by atoms with E-state index in [1.807, 2.05) is 85.1 Å². The van der Waals surface area contributed by atoms with E-state index in [9.17, 15) is 0 Å². The number of pyridine rings is 1. The Hall–Kier alpha value is -6.92. The van der Waals surface area contributed by atoms with Crippen LogP contribution in [0.4, 0.5) is 0 Å². The van der Waals surface area contributed by atoms with Gasteiger partial charge in [-0.15, -0.1) is 0 Å². The van der Waals surface area contributed by atoms with Gasteiger partial charge in [0.1, 0.15) is 11.2 Å². The topological polar surface area (TPSA) is 69.6 Å². The summed E-state index contributed by atoms with van der Waals surface area (Å²) in [4.78, 5) is 19.7. The molecule has 50 heavy (non-hydrogen) atoms. The molecule has 234 valence electrons. The van der Waals surface area contributed by atoms with E-state index in [0.717, 1.165) is 77.2 Å². The van der Waals surface area contributed by atoms with Gasteiger partial charge in [0, 0.05) is 50.0 Å². The summed E-state index contributed by atoms with van der Waals surface area (Å²) >= 11 is 0. The molecule has 0 atom stereocenters. The predicted octanol–water partition coefficient (Wildman–Crippen LogP) is 10.9. The molecule has 6 aromatic carbocycles. The van der Waals surface area contributed by atoms with E-state index < -0.39 is 0 Å². The van der Waals surface area contributed by atoms with Crippen molar-refractivity contribution in [3.63, 3.8) is 0 Å². The molecule has 0 unspecified atom stereocenters. The van der Waals surface area contributed by atoms with E-state index >= 15 is 0 Å². The fourth-order valence-corrected chi connectivity index (χ4v) is 7.05. The number of aromatic nitrogens is 5. The highest BCUT2D eigenvalue weighted by Crippen LogP contribution is 2.40. The van der Waals surface area contributed by atoms with Crippen LogP contribution in [0.5, 0.6) is 0 Å². The molecule has 4 heterocycles. The Kier molecular flexibility index (Phi) is 6.39. The summed E-state index contributed by atoms with van der Waals surface area (Å²) in [6.45, 7) is 0. The minimum Gasteiger partial charge on any atom is -0.455 e. The van der Waals surface area contributed by atoms with Crippen LogP contribution in [0.2, 0.25) is 0 Å². The van der Waals surface area contributed by atoms with Crippen molar-refractivity contribution in [1.29, 1.82) is 0 Å². The third kappa shape index (κ3) is 4.50. The van der Waals surface area contributed by atoms with Gasteiger partial charge in [-0.1, -0.05) is 127 Å². The number of benzene rings is 6. The normalized spacial score (nSPS) is 11.6. The van der Waals surface area contributed by atoms with Gasteiger partial charge >= 0.3 is 0 Å². The number of rotatable bonds is 5. The van der Waals surface area contributed by atoms with Crippen LogP contribution in [0.3, 0.4) is 0 Å². The summed E-state index contributed by atoms with van der Waals surface area (Å²) in [6.07, 6.45) is 3.70. The Morgan fingerprint density at radius 1 is 0.440 bits per heavy atom. The highest BCUT2D eigenvalue weighted by atomic mass is 16.3. The van der Waals surface area contributed by atoms with E-state index in [1.165, 1.54) is 0 Å². The molecule has 0 aliphatic heterocycles. The molecule has 6 heteroatoms. The van der Waals surface area contributed by atoms with E-state index in [4.69, 9.17) is 19.4 Å². The third-order valence-electron chi connectivity index (χ3n) is 9.37. The predicted molar refractivity (Wildman–Crippen MR) is 201 cm³/mol. The SMILES string of the molecule is c1ccc(-c2nc(-c3ccccc3)nc(-c3ccncc3-n3c4ccccc4c4ccc(-c5cccc6c5oc5ccccc56)cc43)n2)cc1. The van der Waals surface area contributed by atoms with Crippen LogP contribution in [-0.4, -0.2) is 24.5 Å². The van der Waals surface area contributed by atoms with Crippen LogP contribution in [0, 0.1) is 0 Å². The van der Waals surface area contributed by atoms with Gasteiger partial charge in [-0.25, -0.2) is 15.0 Å². The Morgan fingerprint density at radius 2 is 1.08 bits per heavy atom. The first-order valence-corrected chi connectivity index (χ1v) is 16.6. The van der Waals surface area contributed by atoms with Crippen LogP contribution < -0.4 is 0 Å². The van der Waals surface area contributed by atoms with Crippen LogP contribution in [0.25, 0.3) is 94.7 Å². The van der Waals surface area contributed by atoms with Crippen molar-refractivity contribution in [3.8, 4) is 51.0 Å². The van der Waals surface area contributed by atoms with Crippen molar-refractivity contribution in [1.82, 2.24) is 24.5 Å². The lowest BCUT2D eigenvalue weighted by Gasteiger charge is -2.14. The molecule has 0 saturated carbocycles. The molecular weight excluding hydrogens is 615 g/mol. The molecule has 0 spiro atoms. The Morgan fingerprint density at radius 3 is 1.86 bits per heavy atom. The zero-order chi connectivity index (χ0) is 33.0. The third-order valence-corrected chi connectivity index (χ3v) is 9.37. The summed E-state index contributed by atoms with van der Waals surface area (Å²) in [7, 11) is 0. The number of hydrogen-bond acceptors (Lipinski definition) is 5. The second-order valence-electron chi connectivity index (χ2n) is 12.3. The molecule has 4 aromatic heterocycles. The van der Waals surface area contributed by atoms with Crippen LogP contribution in [0.15, 0.2) is 168 Å². The lowest BCUT2D eigenvalue weighted by molar-refractivity contribution is 0.670. The maximum atomic E-state index is 6.46. The molecule has 0 amide bonds. The highest BCUT2D eigenvalue weighted by molar-refractivity contribution is 6.13. The molecule has 0 fully saturated rings. The van der Waals surface area contributed by atoms with E-state index in [0.29, 0.717) is 17.5 Å². The van der Waals surface area contributed by atoms with Crippen LogP contribution in [-0.2, 0) is 0 Å². The summed E-state index contributed by atoms with van der Waals surface area (Å²) in [5.74, 6) is 1.80. The summed E-state index contributed by atoms with van der Waals surface area (Å²) in [5, 5.41) is 4.51. The molecule has 0 saturated heterocycles. The second-order valence-corrected chi connectivity index (χ2v) is 12.3. The fourth-order valence-electron chi connectivity index (χ4n) is 7.05. The number of nitrogens with zero attached hydrogens (tertiary/aromatic N) is 5. The number of hydrogen-bond donors (Lipinski definition) is 0. The average molecular weight is 642 g/mol. The Bertz CT molecular complexity index is 2820. The second kappa shape index (κ2) is 11.4. The van der Waals surface area contributed by atoms with Crippen LogP contribution in [0.1, 0.15) is 0 Å². The summed E-state index contributed by atoms with van der Waals surface area (Å²) < 4.78 is 8.74. The molecule has 0 N–H and O–H groups in total. The lowest BCUT2D eigenvalue weighted by atomic mass is 10.0. The van der Waals surface area contributed by atoms with Gasteiger partial charge in [-0.05, 0) is 29.8 Å². The van der Waals surface area contributed by atoms with Gasteiger partial charge in [-0.3, -0.25) is 4.98 Å². The molecular formula is C44H27N5O. The first kappa shape index (κ1) is 28.1. The number of para-hydroxylation sites is 3. The van der Waals surface area contributed by atoms with E-state index in [2.05, 4.69) is 82.3 Å². The van der Waals surface area contributed by atoms with Crippen LogP contribution >= 0.6 is 0 Å². The highest BCUT2D eigenvalue weighted by Gasteiger charge is 2.20. The summed E-state index contributed by atoms with van der Waals surface area (Å²) in [6, 6.07) is 51.8. The number of furan rings is 1. The standard InChI is InChI=1S/C44H27N5O/c1-3-12-28(13-4-1)42-46-43(29-14-5-2-6-15-29)48-44(47-42)36-24-25-45-27-39(36)49-37-20-9-7-16-32(37)33-23-22-30(26-38(33)49)31-18-11-19-35-34-17-8-10-21-40(34)50-41(31)35/h1-27H. The Labute approximate surface area is 287 Å². The molecule has 6 nitrogen and oxygen atoms in total. The van der Waals surface area contributed by atoms with Gasteiger partial charge in [0.2, 0.25) is 0 Å². The zero-order valence-electron chi connectivity index (χ0n) is 26.7. The van der Waals surface area contributed by atoms with Gasteiger partial charge in [0.15, 0.2) is 17.5 Å². The lowest BCUT2D eigenvalue weighted by Crippen LogP contribution is -2.04. The molecule has 0 bridgehead atoms. The minimum absolute atomic E-state index is 0.573. The quantitative estimate of drug-likeness (QED) is 0.187. The molecule has 0 aliphatic rings. The fraction of sp³-hybridized carbons (Fsp3) is 0. The maximum Gasteiger partial charge on any atom is 0.166 e.